The molecule has 3 heterocycles. The van der Waals surface area contributed by atoms with Crippen LogP contribution >= 0.6 is 0 Å². The van der Waals surface area contributed by atoms with Crippen LogP contribution in [-0.2, 0) is 16.1 Å². The van der Waals surface area contributed by atoms with Crippen LogP contribution in [0.1, 0.15) is 33.1 Å². The number of nitrogens with one attached hydrogen (secondary N) is 2. The molecule has 1 saturated heterocycles. The molecule has 2 N–H and O–H groups in total. The Labute approximate surface area is 170 Å². The molecule has 2 aromatic rings. The van der Waals surface area contributed by atoms with Crippen LogP contribution in [0.3, 0.4) is 0 Å². The third-order valence-corrected chi connectivity index (χ3v) is 5.97. The molecule has 4 rings (SSSR count). The number of benzene rings is 1. The largest absolute Gasteiger partial charge is 0.376 e. The van der Waals surface area contributed by atoms with Crippen LogP contribution in [0.4, 0.5) is 10.7 Å². The molecule has 156 valence electrons. The molecular formula is C21H29N5O3. The van der Waals surface area contributed by atoms with Crippen LogP contribution in [0.25, 0.3) is 11.0 Å². The Kier molecular flexibility index (Phi) is 5.71. The maximum Gasteiger partial charge on any atom is 0.324 e. The molecule has 0 bridgehead atoms. The van der Waals surface area contributed by atoms with Gasteiger partial charge in [0.25, 0.3) is 0 Å². The minimum absolute atomic E-state index is 0.0184. The molecule has 29 heavy (non-hydrogen) atoms. The van der Waals surface area contributed by atoms with Crippen LogP contribution in [0.2, 0.25) is 0 Å². The molecule has 8 nitrogen and oxygen atoms in total. The number of para-hydroxylation sites is 2. The van der Waals surface area contributed by atoms with E-state index < -0.39 is 6.04 Å². The summed E-state index contributed by atoms with van der Waals surface area (Å²) in [5, 5.41) is 5.91. The van der Waals surface area contributed by atoms with Gasteiger partial charge in [-0.1, -0.05) is 32.4 Å². The number of imidazole rings is 1. The first-order valence-corrected chi connectivity index (χ1v) is 10.5. The first kappa shape index (κ1) is 19.7. The van der Waals surface area contributed by atoms with Crippen molar-refractivity contribution in [2.75, 3.05) is 24.6 Å². The van der Waals surface area contributed by atoms with E-state index in [1.165, 1.54) is 0 Å². The highest BCUT2D eigenvalue weighted by Crippen LogP contribution is 2.27. The van der Waals surface area contributed by atoms with Gasteiger partial charge in [0.05, 0.1) is 17.1 Å². The fourth-order valence-corrected chi connectivity index (χ4v) is 4.02. The number of carbonyl (C=O) groups excluding carboxylic acids is 2. The molecule has 2 aliphatic rings. The van der Waals surface area contributed by atoms with Crippen molar-refractivity contribution in [2.45, 2.75) is 51.8 Å². The summed E-state index contributed by atoms with van der Waals surface area (Å²) in [6.07, 6.45) is 2.86. The Morgan fingerprint density at radius 3 is 2.90 bits per heavy atom. The molecule has 0 radical (unpaired) electrons. The van der Waals surface area contributed by atoms with E-state index >= 15 is 0 Å². The second-order valence-corrected chi connectivity index (χ2v) is 7.90. The smallest absolute Gasteiger partial charge is 0.324 e. The van der Waals surface area contributed by atoms with E-state index in [4.69, 9.17) is 4.74 Å². The Morgan fingerprint density at radius 2 is 2.14 bits per heavy atom. The standard InChI is InChI=1S/C21H29N5O3/c1-3-14(2)18(19(27)22-13-15-7-6-12-29-15)24-21(28)26-11-10-25-17-9-5-4-8-16(17)23-20(25)26/h4-5,8-9,14-15,18H,3,6-7,10-13H2,1-2H3,(H,22,27)(H,24,28)/t14-,15+,18-/m0/s1. The van der Waals surface area contributed by atoms with Crippen LogP contribution in [0.5, 0.6) is 0 Å². The van der Waals surface area contributed by atoms with Crippen LogP contribution < -0.4 is 15.5 Å². The number of fused-ring (bicyclic) bond motifs is 3. The maximum atomic E-state index is 13.0. The summed E-state index contributed by atoms with van der Waals surface area (Å²) in [6, 6.07) is 6.98. The molecule has 0 unspecified atom stereocenters. The predicted octanol–water partition coefficient (Wildman–Crippen LogP) is 2.28. The second-order valence-electron chi connectivity index (χ2n) is 7.90. The molecule has 3 atom stereocenters. The number of hydrogen-bond donors (Lipinski definition) is 2. The Bertz CT molecular complexity index is 890. The lowest BCUT2D eigenvalue weighted by atomic mass is 9.98. The number of ether oxygens (including phenoxy) is 1. The molecule has 0 aliphatic carbocycles. The number of rotatable bonds is 6. The Hall–Kier alpha value is -2.61. The van der Waals surface area contributed by atoms with Crippen molar-refractivity contribution in [3.05, 3.63) is 24.3 Å². The summed E-state index contributed by atoms with van der Waals surface area (Å²) in [6.45, 7) is 6.48. The van der Waals surface area contributed by atoms with Gasteiger partial charge in [-0.15, -0.1) is 0 Å². The Balaban J connectivity index is 1.45. The summed E-state index contributed by atoms with van der Waals surface area (Å²) in [5.74, 6) is 0.493. The van der Waals surface area contributed by atoms with Crippen LogP contribution in [-0.4, -0.2) is 53.3 Å². The van der Waals surface area contributed by atoms with Gasteiger partial charge >= 0.3 is 6.03 Å². The van der Waals surface area contributed by atoms with Gasteiger partial charge in [0, 0.05) is 26.2 Å². The molecule has 0 saturated carbocycles. The highest BCUT2D eigenvalue weighted by atomic mass is 16.5. The lowest BCUT2D eigenvalue weighted by molar-refractivity contribution is -0.124. The van der Waals surface area contributed by atoms with Crippen molar-refractivity contribution in [3.63, 3.8) is 0 Å². The lowest BCUT2D eigenvalue weighted by Gasteiger charge is -2.26. The van der Waals surface area contributed by atoms with Crippen LogP contribution in [0, 0.1) is 5.92 Å². The van der Waals surface area contributed by atoms with Gasteiger partial charge in [0.15, 0.2) is 0 Å². The number of aromatic nitrogens is 2. The highest BCUT2D eigenvalue weighted by Gasteiger charge is 2.33. The molecule has 0 spiro atoms. The summed E-state index contributed by atoms with van der Waals surface area (Å²) in [7, 11) is 0. The fraction of sp³-hybridized carbons (Fsp3) is 0.571. The first-order chi connectivity index (χ1) is 14.1. The molecule has 3 amide bonds. The van der Waals surface area contributed by atoms with E-state index in [9.17, 15) is 9.59 Å². The van der Waals surface area contributed by atoms with E-state index in [1.807, 2.05) is 42.7 Å². The second kappa shape index (κ2) is 8.41. The van der Waals surface area contributed by atoms with Crippen molar-refractivity contribution in [1.82, 2.24) is 20.2 Å². The molecule has 8 heteroatoms. The zero-order valence-electron chi connectivity index (χ0n) is 17.1. The van der Waals surface area contributed by atoms with Gasteiger partial charge in [-0.25, -0.2) is 9.78 Å². The minimum atomic E-state index is -0.590. The van der Waals surface area contributed by atoms with Crippen molar-refractivity contribution in [2.24, 2.45) is 5.92 Å². The van der Waals surface area contributed by atoms with E-state index in [-0.39, 0.29) is 24.0 Å². The van der Waals surface area contributed by atoms with Crippen molar-refractivity contribution < 1.29 is 14.3 Å². The van der Waals surface area contributed by atoms with Gasteiger partial charge in [0.1, 0.15) is 6.04 Å². The summed E-state index contributed by atoms with van der Waals surface area (Å²) >= 11 is 0. The van der Waals surface area contributed by atoms with Gasteiger partial charge in [-0.05, 0) is 30.9 Å². The third-order valence-electron chi connectivity index (χ3n) is 5.97. The number of urea groups is 1. The zero-order valence-corrected chi connectivity index (χ0v) is 17.1. The van der Waals surface area contributed by atoms with Crippen LogP contribution in [0.15, 0.2) is 24.3 Å². The van der Waals surface area contributed by atoms with Gasteiger partial charge in [-0.3, -0.25) is 9.69 Å². The van der Waals surface area contributed by atoms with E-state index in [2.05, 4.69) is 15.6 Å². The molecule has 1 fully saturated rings. The number of amides is 3. The van der Waals surface area contributed by atoms with Crippen molar-refractivity contribution in [3.8, 4) is 0 Å². The number of anilines is 1. The van der Waals surface area contributed by atoms with E-state index in [1.54, 1.807) is 4.90 Å². The van der Waals surface area contributed by atoms with Gasteiger partial charge < -0.3 is 19.9 Å². The molecular weight excluding hydrogens is 370 g/mol. The molecule has 1 aromatic heterocycles. The van der Waals surface area contributed by atoms with E-state index in [0.717, 1.165) is 36.9 Å². The zero-order chi connectivity index (χ0) is 20.4. The number of hydrogen-bond acceptors (Lipinski definition) is 4. The van der Waals surface area contributed by atoms with Gasteiger partial charge in [0.2, 0.25) is 11.9 Å². The topological polar surface area (TPSA) is 88.5 Å². The average molecular weight is 399 g/mol. The van der Waals surface area contributed by atoms with E-state index in [0.29, 0.717) is 25.6 Å². The molecule has 2 aliphatic heterocycles. The maximum absolute atomic E-state index is 13.0. The summed E-state index contributed by atoms with van der Waals surface area (Å²) < 4.78 is 7.63. The lowest BCUT2D eigenvalue weighted by Crippen LogP contribution is -2.54. The molecule has 1 aromatic carbocycles. The predicted molar refractivity (Wildman–Crippen MR) is 111 cm³/mol. The quantitative estimate of drug-likeness (QED) is 0.780. The SMILES string of the molecule is CC[C@H](C)[C@H](NC(=O)N1CCn2c1nc1ccccc12)C(=O)NC[C@H]1CCCO1. The minimum Gasteiger partial charge on any atom is -0.376 e. The van der Waals surface area contributed by atoms with Crippen molar-refractivity contribution >= 4 is 28.9 Å². The normalized spacial score (nSPS) is 20.5. The number of carbonyl (C=O) groups is 2. The van der Waals surface area contributed by atoms with Crippen molar-refractivity contribution in [1.29, 1.82) is 0 Å². The monoisotopic (exact) mass is 399 g/mol. The van der Waals surface area contributed by atoms with Gasteiger partial charge in [-0.2, -0.15) is 0 Å². The summed E-state index contributed by atoms with van der Waals surface area (Å²) in [4.78, 5) is 32.1. The first-order valence-electron chi connectivity index (χ1n) is 10.5. The average Bonchev–Trinajstić information content (AvgIpc) is 3.46. The highest BCUT2D eigenvalue weighted by molar-refractivity contribution is 5.96. The fourth-order valence-electron chi connectivity index (χ4n) is 4.02. The third kappa shape index (κ3) is 3.94. The number of nitrogens with zero attached hydrogens (tertiary/aromatic N) is 3. The summed E-state index contributed by atoms with van der Waals surface area (Å²) in [5.41, 5.74) is 1.89. The Morgan fingerprint density at radius 1 is 1.31 bits per heavy atom.